The van der Waals surface area contributed by atoms with Gasteiger partial charge < -0.3 is 10.6 Å². The van der Waals surface area contributed by atoms with Gasteiger partial charge in [0.05, 0.1) is 6.54 Å². The average molecular weight is 423 g/mol. The molecule has 1 fully saturated rings. The molecule has 7 heteroatoms. The summed E-state index contributed by atoms with van der Waals surface area (Å²) in [4.78, 5) is 42.5. The second-order valence-corrected chi connectivity index (χ2v) is 8.73. The van der Waals surface area contributed by atoms with E-state index >= 15 is 0 Å². The van der Waals surface area contributed by atoms with E-state index in [0.29, 0.717) is 18.9 Å². The van der Waals surface area contributed by atoms with Crippen LogP contribution in [0, 0.1) is 11.8 Å². The fraction of sp³-hybridized carbons (Fsp3) is 0.458. The van der Waals surface area contributed by atoms with Crippen LogP contribution in [-0.4, -0.2) is 22.0 Å². The van der Waals surface area contributed by atoms with Gasteiger partial charge in [-0.15, -0.1) is 0 Å². The lowest BCUT2D eigenvalue weighted by atomic mass is 9.97. The Hall–Kier alpha value is -3.09. The van der Waals surface area contributed by atoms with E-state index in [1.54, 1.807) is 0 Å². The van der Waals surface area contributed by atoms with Crippen molar-refractivity contribution in [1.82, 2.24) is 9.55 Å². The number of aromatic nitrogens is 2. The molecule has 3 N–H and O–H groups in total. The third kappa shape index (κ3) is 4.65. The van der Waals surface area contributed by atoms with Crippen molar-refractivity contribution in [3.05, 3.63) is 68.4 Å². The molecule has 2 aliphatic carbocycles. The number of benzene rings is 1. The smallest absolute Gasteiger partial charge is 0.330 e. The van der Waals surface area contributed by atoms with Gasteiger partial charge in [0.2, 0.25) is 5.91 Å². The zero-order chi connectivity index (χ0) is 22.0. The number of allylic oxidation sites excluding steroid dienone is 1. The maximum Gasteiger partial charge on any atom is 0.330 e. The second kappa shape index (κ2) is 8.96. The number of rotatable bonds is 7. The third-order valence-electron chi connectivity index (χ3n) is 6.40. The summed E-state index contributed by atoms with van der Waals surface area (Å²) in [5.41, 5.74) is 7.49. The number of nitrogens with zero attached hydrogens (tertiary/aromatic N) is 2. The summed E-state index contributed by atoms with van der Waals surface area (Å²) in [6.45, 7) is 2.65. The van der Waals surface area contributed by atoms with Crippen molar-refractivity contribution in [1.29, 1.82) is 0 Å². The van der Waals surface area contributed by atoms with Crippen molar-refractivity contribution in [3.63, 3.8) is 0 Å². The normalized spacial score (nSPS) is 20.2. The number of hydrogen-bond acceptors (Lipinski definition) is 4. The van der Waals surface area contributed by atoms with Crippen molar-refractivity contribution in [3.8, 4) is 0 Å². The van der Waals surface area contributed by atoms with Gasteiger partial charge in [0.1, 0.15) is 5.82 Å². The molecule has 2 aromatic rings. The Labute approximate surface area is 181 Å². The van der Waals surface area contributed by atoms with E-state index in [4.69, 9.17) is 5.73 Å². The number of carbonyl (C=O) groups is 1. The maximum absolute atomic E-state index is 13.3. The summed E-state index contributed by atoms with van der Waals surface area (Å²) in [7, 11) is 0. The molecule has 164 valence electrons. The zero-order valence-electron chi connectivity index (χ0n) is 18.0. The minimum Gasteiger partial charge on any atom is -0.383 e. The van der Waals surface area contributed by atoms with Crippen molar-refractivity contribution >= 4 is 17.4 Å². The highest BCUT2D eigenvalue weighted by Crippen LogP contribution is 2.40. The molecule has 0 radical (unpaired) electrons. The molecular weight excluding hydrogens is 392 g/mol. The zero-order valence-corrected chi connectivity index (χ0v) is 18.0. The van der Waals surface area contributed by atoms with Crippen LogP contribution in [0.1, 0.15) is 51.0 Å². The van der Waals surface area contributed by atoms with Crippen LogP contribution in [0.15, 0.2) is 51.6 Å². The van der Waals surface area contributed by atoms with Crippen molar-refractivity contribution in [2.24, 2.45) is 11.8 Å². The molecule has 0 unspecified atom stereocenters. The van der Waals surface area contributed by atoms with Gasteiger partial charge in [0.15, 0.2) is 5.69 Å². The molecule has 0 aliphatic heterocycles. The monoisotopic (exact) mass is 422 g/mol. The molecule has 7 nitrogen and oxygen atoms in total. The summed E-state index contributed by atoms with van der Waals surface area (Å²) in [6, 6.07) is 9.43. The Morgan fingerprint density at radius 2 is 1.97 bits per heavy atom. The van der Waals surface area contributed by atoms with Gasteiger partial charge in [-0.2, -0.15) is 0 Å². The van der Waals surface area contributed by atoms with E-state index in [9.17, 15) is 14.4 Å². The van der Waals surface area contributed by atoms with Gasteiger partial charge in [-0.25, -0.2) is 4.79 Å². The Bertz CT molecular complexity index is 1100. The van der Waals surface area contributed by atoms with E-state index in [1.165, 1.54) is 21.5 Å². The molecule has 0 saturated heterocycles. The molecule has 1 amide bonds. The highest BCUT2D eigenvalue weighted by atomic mass is 16.2. The number of amides is 1. The number of carbonyl (C=O) groups excluding carboxylic acids is 1. The molecule has 0 bridgehead atoms. The van der Waals surface area contributed by atoms with Crippen molar-refractivity contribution < 1.29 is 4.79 Å². The Kier molecular flexibility index (Phi) is 6.11. The summed E-state index contributed by atoms with van der Waals surface area (Å²) in [5.74, 6) is 0.177. The highest BCUT2D eigenvalue weighted by Gasteiger charge is 2.43. The molecule has 31 heavy (non-hydrogen) atoms. The fourth-order valence-electron chi connectivity index (χ4n) is 4.35. The lowest BCUT2D eigenvalue weighted by Gasteiger charge is -2.26. The second-order valence-electron chi connectivity index (χ2n) is 8.73. The van der Waals surface area contributed by atoms with Crippen LogP contribution in [0.25, 0.3) is 0 Å². The summed E-state index contributed by atoms with van der Waals surface area (Å²) in [6.07, 6.45) is 8.22. The summed E-state index contributed by atoms with van der Waals surface area (Å²) >= 11 is 0. The number of anilines is 2. The first-order chi connectivity index (χ1) is 15.0. The first-order valence-corrected chi connectivity index (χ1v) is 11.1. The minimum absolute atomic E-state index is 0.0388. The van der Waals surface area contributed by atoms with Crippen molar-refractivity contribution in [2.75, 3.05) is 17.2 Å². The predicted octanol–water partition coefficient (Wildman–Crippen LogP) is 3.05. The molecule has 2 atom stereocenters. The lowest BCUT2D eigenvalue weighted by molar-refractivity contribution is -0.120. The molecule has 1 saturated carbocycles. The average Bonchev–Trinajstić information content (AvgIpc) is 3.51. The van der Waals surface area contributed by atoms with Gasteiger partial charge >= 0.3 is 5.69 Å². The SMILES string of the molecule is C[C@H]1C[C@H]1C(=O)N(CCC1=CCCCC1)c1c(N)n(Cc2ccccc2)c(=O)[nH]c1=O. The number of aromatic amines is 1. The molecule has 1 aromatic heterocycles. The molecule has 1 aromatic carbocycles. The van der Waals surface area contributed by atoms with Crippen LogP contribution >= 0.6 is 0 Å². The van der Waals surface area contributed by atoms with Gasteiger partial charge in [0.25, 0.3) is 5.56 Å². The standard InChI is InChI=1S/C24H30N4O3/c1-16-14-19(16)23(30)27(13-12-17-8-4-2-5-9-17)20-21(25)28(24(31)26-22(20)29)15-18-10-6-3-7-11-18/h3,6-8,10-11,16,19H,2,4-5,9,12-15,25H2,1H3,(H,26,29,31)/t16-,19+/m0/s1. The molecule has 0 spiro atoms. The number of nitrogen functional groups attached to an aromatic ring is 1. The van der Waals surface area contributed by atoms with E-state index in [0.717, 1.165) is 31.2 Å². The summed E-state index contributed by atoms with van der Waals surface area (Å²) in [5, 5.41) is 0. The Balaban J connectivity index is 1.70. The first-order valence-electron chi connectivity index (χ1n) is 11.1. The highest BCUT2D eigenvalue weighted by molar-refractivity contribution is 5.98. The number of nitrogens with one attached hydrogen (secondary N) is 1. The van der Waals surface area contributed by atoms with Crippen LogP contribution in [0.3, 0.4) is 0 Å². The predicted molar refractivity (Wildman–Crippen MR) is 122 cm³/mol. The lowest BCUT2D eigenvalue weighted by Crippen LogP contribution is -2.42. The molecule has 2 aliphatic rings. The summed E-state index contributed by atoms with van der Waals surface area (Å²) < 4.78 is 1.34. The topological polar surface area (TPSA) is 101 Å². The minimum atomic E-state index is -0.605. The van der Waals surface area contributed by atoms with Crippen molar-refractivity contribution in [2.45, 2.75) is 52.0 Å². The van der Waals surface area contributed by atoms with Gasteiger partial charge in [-0.1, -0.05) is 48.9 Å². The number of nitrogens with two attached hydrogens (primary N) is 1. The van der Waals surface area contributed by atoms with Crippen LogP contribution in [0.2, 0.25) is 0 Å². The number of H-pyrrole nitrogens is 1. The largest absolute Gasteiger partial charge is 0.383 e. The molecular formula is C24H30N4O3. The van der Waals surface area contributed by atoms with Gasteiger partial charge in [-0.05, 0) is 50.0 Å². The fourth-order valence-corrected chi connectivity index (χ4v) is 4.35. The Morgan fingerprint density at radius 3 is 2.61 bits per heavy atom. The quantitative estimate of drug-likeness (QED) is 0.670. The van der Waals surface area contributed by atoms with Crippen LogP contribution < -0.4 is 21.9 Å². The molecule has 4 rings (SSSR count). The van der Waals surface area contributed by atoms with Gasteiger partial charge in [0, 0.05) is 12.5 Å². The van der Waals surface area contributed by atoms with Crippen LogP contribution in [0.5, 0.6) is 0 Å². The van der Waals surface area contributed by atoms with E-state index in [2.05, 4.69) is 11.1 Å². The van der Waals surface area contributed by atoms with Gasteiger partial charge in [-0.3, -0.25) is 19.1 Å². The van der Waals surface area contributed by atoms with E-state index in [-0.39, 0.29) is 29.9 Å². The van der Waals surface area contributed by atoms with Crippen LogP contribution in [-0.2, 0) is 11.3 Å². The van der Waals surface area contributed by atoms with Crippen LogP contribution in [0.4, 0.5) is 11.5 Å². The third-order valence-corrected chi connectivity index (χ3v) is 6.40. The van der Waals surface area contributed by atoms with E-state index in [1.807, 2.05) is 37.3 Å². The van der Waals surface area contributed by atoms with E-state index < -0.39 is 11.2 Å². The molecule has 1 heterocycles. The number of hydrogen-bond donors (Lipinski definition) is 2. The first kappa shape index (κ1) is 21.2. The maximum atomic E-state index is 13.3. The Morgan fingerprint density at radius 1 is 1.23 bits per heavy atom.